The van der Waals surface area contributed by atoms with Crippen molar-refractivity contribution in [3.63, 3.8) is 0 Å². The average molecular weight is 402 g/mol. The summed E-state index contributed by atoms with van der Waals surface area (Å²) in [6.45, 7) is 2.27. The molecule has 0 unspecified atom stereocenters. The lowest BCUT2D eigenvalue weighted by molar-refractivity contribution is 0.0319. The van der Waals surface area contributed by atoms with Gasteiger partial charge in [0.05, 0.1) is 16.5 Å². The van der Waals surface area contributed by atoms with Gasteiger partial charge in [-0.3, -0.25) is 14.2 Å². The second kappa shape index (κ2) is 7.20. The molecule has 5 rings (SSSR count). The molecule has 0 spiro atoms. The number of Topliss-reactive ketones (excluding diaryl/α,β-unsaturated/α-hetero) is 1. The molecule has 2 aromatic carbocycles. The van der Waals surface area contributed by atoms with Crippen molar-refractivity contribution in [1.82, 2.24) is 9.55 Å². The van der Waals surface area contributed by atoms with E-state index in [1.54, 1.807) is 29.7 Å². The van der Waals surface area contributed by atoms with Crippen LogP contribution in [0.2, 0.25) is 0 Å². The van der Waals surface area contributed by atoms with Gasteiger partial charge in [0.25, 0.3) is 5.56 Å². The molecule has 1 aromatic heterocycles. The molecule has 1 aliphatic heterocycles. The van der Waals surface area contributed by atoms with Crippen molar-refractivity contribution in [3.05, 3.63) is 74.8 Å². The summed E-state index contributed by atoms with van der Waals surface area (Å²) in [6, 6.07) is 10.5. The van der Waals surface area contributed by atoms with Crippen LogP contribution >= 0.6 is 0 Å². The summed E-state index contributed by atoms with van der Waals surface area (Å²) < 4.78 is 7.14. The Hall–Kier alpha value is -3.28. The highest BCUT2D eigenvalue weighted by molar-refractivity contribution is 6.02. The lowest BCUT2D eigenvalue weighted by Crippen LogP contribution is -2.25. The van der Waals surface area contributed by atoms with Crippen molar-refractivity contribution in [2.45, 2.75) is 51.7 Å². The van der Waals surface area contributed by atoms with Gasteiger partial charge in [-0.05, 0) is 68.0 Å². The smallest absolute Gasteiger partial charge is 0.338 e. The quantitative estimate of drug-likeness (QED) is 0.494. The Kier molecular flexibility index (Phi) is 4.50. The van der Waals surface area contributed by atoms with E-state index >= 15 is 0 Å². The van der Waals surface area contributed by atoms with Crippen LogP contribution in [-0.4, -0.2) is 27.4 Å². The van der Waals surface area contributed by atoms with E-state index < -0.39 is 12.1 Å². The topological polar surface area (TPSA) is 78.3 Å². The first-order chi connectivity index (χ1) is 14.5. The highest BCUT2D eigenvalue weighted by Gasteiger charge is 2.23. The van der Waals surface area contributed by atoms with Gasteiger partial charge >= 0.3 is 5.97 Å². The van der Waals surface area contributed by atoms with Gasteiger partial charge in [-0.25, -0.2) is 9.78 Å². The molecular weight excluding hydrogens is 380 g/mol. The Balaban J connectivity index is 1.37. The summed E-state index contributed by atoms with van der Waals surface area (Å²) in [5.41, 5.74) is 3.76. The maximum Gasteiger partial charge on any atom is 0.338 e. The van der Waals surface area contributed by atoms with Crippen LogP contribution in [0.15, 0.2) is 41.2 Å². The fourth-order valence-electron chi connectivity index (χ4n) is 4.45. The van der Waals surface area contributed by atoms with Crippen LogP contribution in [-0.2, 0) is 30.5 Å². The van der Waals surface area contributed by atoms with Gasteiger partial charge in [0.2, 0.25) is 5.78 Å². The lowest BCUT2D eigenvalue weighted by Gasteiger charge is -2.13. The third-order valence-electron chi connectivity index (χ3n) is 6.09. The number of esters is 1. The monoisotopic (exact) mass is 402 g/mol. The molecule has 0 saturated heterocycles. The number of carbonyl (C=O) groups is 2. The van der Waals surface area contributed by atoms with Crippen LogP contribution in [0.25, 0.3) is 10.9 Å². The van der Waals surface area contributed by atoms with Gasteiger partial charge in [0.15, 0.2) is 6.10 Å². The first kappa shape index (κ1) is 18.7. The highest BCUT2D eigenvalue weighted by atomic mass is 16.5. The molecule has 0 amide bonds. The number of ketones is 1. The summed E-state index contributed by atoms with van der Waals surface area (Å²) in [6.07, 6.45) is 3.91. The molecule has 3 aromatic rings. The maximum atomic E-state index is 12.8. The number of hydrogen-bond donors (Lipinski definition) is 0. The molecule has 152 valence electrons. The number of aromatic nitrogens is 2. The molecule has 2 aliphatic rings. The molecule has 6 heteroatoms. The maximum absolute atomic E-state index is 12.8. The van der Waals surface area contributed by atoms with Crippen molar-refractivity contribution in [3.8, 4) is 0 Å². The van der Waals surface area contributed by atoms with E-state index in [4.69, 9.17) is 4.74 Å². The van der Waals surface area contributed by atoms with Gasteiger partial charge in [-0.1, -0.05) is 12.1 Å². The van der Waals surface area contributed by atoms with Gasteiger partial charge in [-0.15, -0.1) is 0 Å². The van der Waals surface area contributed by atoms with Gasteiger partial charge in [0, 0.05) is 18.5 Å². The second-order valence-electron chi connectivity index (χ2n) is 8.07. The number of nitrogens with zero attached hydrogens (tertiary/aromatic N) is 2. The fourth-order valence-corrected chi connectivity index (χ4v) is 4.45. The van der Waals surface area contributed by atoms with Gasteiger partial charge < -0.3 is 4.74 Å². The van der Waals surface area contributed by atoms with E-state index in [2.05, 4.69) is 4.98 Å². The number of rotatable bonds is 4. The number of aryl methyl sites for hydroxylation is 3. The molecule has 30 heavy (non-hydrogen) atoms. The van der Waals surface area contributed by atoms with Crippen molar-refractivity contribution in [2.24, 2.45) is 0 Å². The predicted molar refractivity (Wildman–Crippen MR) is 112 cm³/mol. The number of carbonyl (C=O) groups excluding carboxylic acids is 2. The van der Waals surface area contributed by atoms with Crippen molar-refractivity contribution < 1.29 is 14.3 Å². The first-order valence-electron chi connectivity index (χ1n) is 10.4. The summed E-state index contributed by atoms with van der Waals surface area (Å²) in [5.74, 6) is -0.0625. The summed E-state index contributed by atoms with van der Waals surface area (Å²) >= 11 is 0. The number of ether oxygens (including phenoxy) is 1. The van der Waals surface area contributed by atoms with E-state index in [0.717, 1.165) is 37.9 Å². The minimum absolute atomic E-state index is 0.0763. The van der Waals surface area contributed by atoms with E-state index in [1.807, 2.05) is 18.2 Å². The summed E-state index contributed by atoms with van der Waals surface area (Å²) in [5, 5.41) is 0.486. The van der Waals surface area contributed by atoms with E-state index in [1.165, 1.54) is 11.1 Å². The molecule has 1 atom stereocenters. The SMILES string of the molecule is C[C@H](OC(=O)c1ccc2c(=O)n3c(nc2c1)CCC3)C(=O)c1ccc2c(c1)CCC2. The third-order valence-corrected chi connectivity index (χ3v) is 6.09. The number of hydrogen-bond acceptors (Lipinski definition) is 5. The minimum Gasteiger partial charge on any atom is -0.451 e. The third kappa shape index (κ3) is 3.12. The zero-order valence-electron chi connectivity index (χ0n) is 16.8. The Morgan fingerprint density at radius 2 is 1.80 bits per heavy atom. The summed E-state index contributed by atoms with van der Waals surface area (Å²) in [7, 11) is 0. The Labute approximate surface area is 173 Å². The minimum atomic E-state index is -0.897. The van der Waals surface area contributed by atoms with Crippen LogP contribution in [0, 0.1) is 0 Å². The van der Waals surface area contributed by atoms with Crippen molar-refractivity contribution >= 4 is 22.7 Å². The lowest BCUT2D eigenvalue weighted by atomic mass is 10.0. The van der Waals surface area contributed by atoms with Crippen LogP contribution in [0.1, 0.15) is 57.4 Å². The highest BCUT2D eigenvalue weighted by Crippen LogP contribution is 2.24. The molecule has 0 fully saturated rings. The zero-order chi connectivity index (χ0) is 20.8. The standard InChI is InChI=1S/C24H22N2O4/c1-14(22(27)17-8-7-15-4-2-5-16(15)12-17)30-24(29)18-9-10-19-20(13-18)25-21-6-3-11-26(21)23(19)28/h7-10,12-14H,2-6,11H2,1H3/t14-/m0/s1. The van der Waals surface area contributed by atoms with Crippen LogP contribution in [0.4, 0.5) is 0 Å². The molecule has 0 bridgehead atoms. The Morgan fingerprint density at radius 1 is 1.00 bits per heavy atom. The predicted octanol–water partition coefficient (Wildman–Crippen LogP) is 3.26. The molecule has 0 saturated carbocycles. The number of benzene rings is 2. The van der Waals surface area contributed by atoms with E-state index in [0.29, 0.717) is 23.0 Å². The van der Waals surface area contributed by atoms with Gasteiger partial charge in [-0.2, -0.15) is 0 Å². The van der Waals surface area contributed by atoms with Crippen molar-refractivity contribution in [2.75, 3.05) is 0 Å². The van der Waals surface area contributed by atoms with Crippen LogP contribution in [0.3, 0.4) is 0 Å². The largest absolute Gasteiger partial charge is 0.451 e. The van der Waals surface area contributed by atoms with Crippen LogP contribution in [0.5, 0.6) is 0 Å². The van der Waals surface area contributed by atoms with E-state index in [-0.39, 0.29) is 16.9 Å². The Morgan fingerprint density at radius 3 is 2.67 bits per heavy atom. The zero-order valence-corrected chi connectivity index (χ0v) is 16.8. The first-order valence-corrected chi connectivity index (χ1v) is 10.4. The van der Waals surface area contributed by atoms with Gasteiger partial charge in [0.1, 0.15) is 5.82 Å². The molecule has 0 N–H and O–H groups in total. The molecule has 1 aliphatic carbocycles. The molecule has 2 heterocycles. The second-order valence-corrected chi connectivity index (χ2v) is 8.07. The fraction of sp³-hybridized carbons (Fsp3) is 0.333. The Bertz CT molecular complexity index is 1260. The van der Waals surface area contributed by atoms with E-state index in [9.17, 15) is 14.4 Å². The number of fused-ring (bicyclic) bond motifs is 3. The molecular formula is C24H22N2O4. The van der Waals surface area contributed by atoms with Crippen molar-refractivity contribution in [1.29, 1.82) is 0 Å². The normalized spacial score (nSPS) is 15.6. The average Bonchev–Trinajstić information content (AvgIpc) is 3.41. The van der Waals surface area contributed by atoms with Crippen LogP contribution < -0.4 is 5.56 Å². The molecule has 6 nitrogen and oxygen atoms in total. The molecule has 0 radical (unpaired) electrons. The summed E-state index contributed by atoms with van der Waals surface area (Å²) in [4.78, 5) is 42.5.